The fourth-order valence-corrected chi connectivity index (χ4v) is 2.81. The molecule has 0 aliphatic heterocycles. The Balaban J connectivity index is 1.64. The van der Waals surface area contributed by atoms with Crippen LogP contribution >= 0.6 is 0 Å². The molecule has 0 radical (unpaired) electrons. The van der Waals surface area contributed by atoms with E-state index in [1.54, 1.807) is 60.7 Å². The molecule has 1 amide bonds. The van der Waals surface area contributed by atoms with Gasteiger partial charge in [-0.1, -0.05) is 36.4 Å². The van der Waals surface area contributed by atoms with Crippen LogP contribution in [0.5, 0.6) is 0 Å². The zero-order valence-corrected chi connectivity index (χ0v) is 14.6. The molecule has 0 saturated heterocycles. The fraction of sp³-hybridized carbons (Fsp3) is 0. The van der Waals surface area contributed by atoms with Gasteiger partial charge in [0, 0.05) is 17.0 Å². The molecule has 138 valence electrons. The van der Waals surface area contributed by atoms with Gasteiger partial charge in [-0.2, -0.15) is 5.10 Å². The maximum atomic E-state index is 14.4. The Hall–Kier alpha value is -3.80. The lowest BCUT2D eigenvalue weighted by molar-refractivity contribution is 0.102. The number of carbonyl (C=O) groups is 1. The number of amides is 1. The summed E-state index contributed by atoms with van der Waals surface area (Å²) in [5, 5.41) is 10.2. The molecule has 4 nitrogen and oxygen atoms in total. The second-order valence-electron chi connectivity index (χ2n) is 6.19. The second kappa shape index (κ2) is 7.44. The van der Waals surface area contributed by atoms with E-state index in [0.29, 0.717) is 22.2 Å². The smallest absolute Gasteiger partial charge is 0.255 e. The number of hydrogen-bond donors (Lipinski definition) is 2. The van der Waals surface area contributed by atoms with Crippen LogP contribution in [0.15, 0.2) is 66.7 Å². The Kier molecular flexibility index (Phi) is 4.68. The van der Waals surface area contributed by atoms with Crippen LogP contribution in [0.3, 0.4) is 0 Å². The minimum atomic E-state index is -0.561. The Labute approximate surface area is 159 Å². The minimum absolute atomic E-state index is 0.0687. The Morgan fingerprint density at radius 3 is 2.46 bits per heavy atom. The summed E-state index contributed by atoms with van der Waals surface area (Å²) in [6.45, 7) is 0. The standard InChI is InChI=1S/C22H15F2N3O/c23-16-9-6-14(7-10-16)8-11-19-17-12-21(18(24)13-20(17)27-26-19)25-22(28)15-4-2-1-3-5-15/h1-13H,(H,25,28)(H,26,27)/b11-8+. The number of nitrogens with one attached hydrogen (secondary N) is 2. The number of rotatable bonds is 4. The van der Waals surface area contributed by atoms with Crippen molar-refractivity contribution in [2.75, 3.05) is 5.32 Å². The van der Waals surface area contributed by atoms with Gasteiger partial charge in [0.2, 0.25) is 0 Å². The van der Waals surface area contributed by atoms with Crippen molar-refractivity contribution < 1.29 is 13.6 Å². The van der Waals surface area contributed by atoms with Gasteiger partial charge in [0.05, 0.1) is 16.9 Å². The number of fused-ring (bicyclic) bond motifs is 1. The van der Waals surface area contributed by atoms with Crippen LogP contribution in [-0.4, -0.2) is 16.1 Å². The van der Waals surface area contributed by atoms with Crippen LogP contribution in [0, 0.1) is 11.6 Å². The molecule has 4 rings (SSSR count). The van der Waals surface area contributed by atoms with Crippen LogP contribution in [-0.2, 0) is 0 Å². The number of hydrogen-bond acceptors (Lipinski definition) is 2. The zero-order valence-electron chi connectivity index (χ0n) is 14.6. The molecule has 3 aromatic carbocycles. The highest BCUT2D eigenvalue weighted by Crippen LogP contribution is 2.25. The molecule has 0 fully saturated rings. The fourth-order valence-electron chi connectivity index (χ4n) is 2.81. The number of nitrogens with zero attached hydrogens (tertiary/aromatic N) is 1. The van der Waals surface area contributed by atoms with E-state index in [1.807, 2.05) is 0 Å². The number of aromatic amines is 1. The number of carbonyl (C=O) groups excluding carboxylic acids is 1. The van der Waals surface area contributed by atoms with Gasteiger partial charge in [-0.05, 0) is 42.0 Å². The lowest BCUT2D eigenvalue weighted by atomic mass is 10.1. The molecular weight excluding hydrogens is 360 g/mol. The van der Waals surface area contributed by atoms with Crippen LogP contribution in [0.2, 0.25) is 0 Å². The van der Waals surface area contributed by atoms with Crippen LogP contribution < -0.4 is 5.32 Å². The molecule has 6 heteroatoms. The number of aromatic nitrogens is 2. The van der Waals surface area contributed by atoms with Crippen molar-refractivity contribution in [3.05, 3.63) is 95.2 Å². The first-order valence-corrected chi connectivity index (χ1v) is 8.58. The summed E-state index contributed by atoms with van der Waals surface area (Å²) < 4.78 is 27.4. The summed E-state index contributed by atoms with van der Waals surface area (Å²) in [5.41, 5.74) is 2.39. The highest BCUT2D eigenvalue weighted by atomic mass is 19.1. The summed E-state index contributed by atoms with van der Waals surface area (Å²) in [6.07, 6.45) is 3.52. The molecule has 0 atom stereocenters. The molecule has 0 saturated carbocycles. The summed E-state index contributed by atoms with van der Waals surface area (Å²) in [6, 6.07) is 17.4. The summed E-state index contributed by atoms with van der Waals surface area (Å²) >= 11 is 0. The molecule has 0 unspecified atom stereocenters. The third-order valence-corrected chi connectivity index (χ3v) is 4.27. The van der Waals surface area contributed by atoms with Crippen molar-refractivity contribution in [2.24, 2.45) is 0 Å². The van der Waals surface area contributed by atoms with Gasteiger partial charge in [0.15, 0.2) is 0 Å². The average Bonchev–Trinajstić information content (AvgIpc) is 3.10. The van der Waals surface area contributed by atoms with Crippen molar-refractivity contribution in [1.29, 1.82) is 0 Å². The minimum Gasteiger partial charge on any atom is -0.319 e. The van der Waals surface area contributed by atoms with Gasteiger partial charge in [0.25, 0.3) is 5.91 Å². The number of anilines is 1. The van der Waals surface area contributed by atoms with E-state index in [0.717, 1.165) is 5.56 Å². The summed E-state index contributed by atoms with van der Waals surface area (Å²) in [4.78, 5) is 12.3. The number of H-pyrrole nitrogens is 1. The molecule has 0 aliphatic rings. The molecular formula is C22H15F2N3O. The lowest BCUT2D eigenvalue weighted by Gasteiger charge is -2.07. The van der Waals surface area contributed by atoms with Crippen LogP contribution in [0.4, 0.5) is 14.5 Å². The first-order chi connectivity index (χ1) is 13.6. The van der Waals surface area contributed by atoms with E-state index in [-0.39, 0.29) is 11.5 Å². The first kappa shape index (κ1) is 17.6. The quantitative estimate of drug-likeness (QED) is 0.511. The Morgan fingerprint density at radius 1 is 0.964 bits per heavy atom. The van der Waals surface area contributed by atoms with E-state index >= 15 is 0 Å². The average molecular weight is 375 g/mol. The SMILES string of the molecule is O=C(Nc1cc2c(/C=C/c3ccc(F)cc3)n[nH]c2cc1F)c1ccccc1. The second-order valence-corrected chi connectivity index (χ2v) is 6.19. The van der Waals surface area contributed by atoms with E-state index in [2.05, 4.69) is 15.5 Å². The van der Waals surface area contributed by atoms with E-state index in [4.69, 9.17) is 0 Å². The first-order valence-electron chi connectivity index (χ1n) is 8.58. The third-order valence-electron chi connectivity index (χ3n) is 4.27. The molecule has 1 heterocycles. The van der Waals surface area contributed by atoms with Crippen LogP contribution in [0.1, 0.15) is 21.6 Å². The highest BCUT2D eigenvalue weighted by Gasteiger charge is 2.13. The van der Waals surface area contributed by atoms with Crippen molar-refractivity contribution >= 4 is 34.6 Å². The van der Waals surface area contributed by atoms with Gasteiger partial charge in [0.1, 0.15) is 11.6 Å². The predicted octanol–water partition coefficient (Wildman–Crippen LogP) is 5.26. The molecule has 2 N–H and O–H groups in total. The number of benzene rings is 3. The summed E-state index contributed by atoms with van der Waals surface area (Å²) in [5.74, 6) is -1.27. The van der Waals surface area contributed by atoms with Gasteiger partial charge >= 0.3 is 0 Å². The summed E-state index contributed by atoms with van der Waals surface area (Å²) in [7, 11) is 0. The maximum absolute atomic E-state index is 14.4. The molecule has 0 aliphatic carbocycles. The van der Waals surface area contributed by atoms with Crippen molar-refractivity contribution in [1.82, 2.24) is 10.2 Å². The molecule has 1 aromatic heterocycles. The van der Waals surface area contributed by atoms with Gasteiger partial charge in [-0.15, -0.1) is 0 Å². The Morgan fingerprint density at radius 2 is 1.71 bits per heavy atom. The highest BCUT2D eigenvalue weighted by molar-refractivity contribution is 6.05. The van der Waals surface area contributed by atoms with Crippen LogP contribution in [0.25, 0.3) is 23.1 Å². The molecule has 0 spiro atoms. The topological polar surface area (TPSA) is 57.8 Å². The van der Waals surface area contributed by atoms with Gasteiger partial charge in [-0.3, -0.25) is 9.89 Å². The molecule has 4 aromatic rings. The number of halogens is 2. The van der Waals surface area contributed by atoms with Crippen molar-refractivity contribution in [3.63, 3.8) is 0 Å². The van der Waals surface area contributed by atoms with E-state index in [1.165, 1.54) is 18.2 Å². The van der Waals surface area contributed by atoms with E-state index in [9.17, 15) is 13.6 Å². The normalized spacial score (nSPS) is 11.2. The van der Waals surface area contributed by atoms with Crippen molar-refractivity contribution in [3.8, 4) is 0 Å². The monoisotopic (exact) mass is 375 g/mol. The maximum Gasteiger partial charge on any atom is 0.255 e. The van der Waals surface area contributed by atoms with E-state index < -0.39 is 11.7 Å². The van der Waals surface area contributed by atoms with Gasteiger partial charge in [-0.25, -0.2) is 8.78 Å². The Bertz CT molecular complexity index is 1170. The van der Waals surface area contributed by atoms with Gasteiger partial charge < -0.3 is 5.32 Å². The predicted molar refractivity (Wildman–Crippen MR) is 106 cm³/mol. The lowest BCUT2D eigenvalue weighted by Crippen LogP contribution is -2.12. The molecule has 0 bridgehead atoms. The third kappa shape index (κ3) is 3.66. The van der Waals surface area contributed by atoms with Crippen molar-refractivity contribution in [2.45, 2.75) is 0 Å². The zero-order chi connectivity index (χ0) is 19.5. The molecule has 28 heavy (non-hydrogen) atoms. The largest absolute Gasteiger partial charge is 0.319 e.